The number of nitrogens with one attached hydrogen (secondary N) is 1. The van der Waals surface area contributed by atoms with Crippen LogP contribution in [0.2, 0.25) is 0 Å². The molecule has 1 saturated carbocycles. The van der Waals surface area contributed by atoms with Crippen LogP contribution in [0.3, 0.4) is 0 Å². The third-order valence-corrected chi connectivity index (χ3v) is 6.94. The number of nitrogens with zero attached hydrogens (tertiary/aromatic N) is 7. The topological polar surface area (TPSA) is 152 Å². The van der Waals surface area contributed by atoms with E-state index in [4.69, 9.17) is 16.5 Å². The summed E-state index contributed by atoms with van der Waals surface area (Å²) in [4.78, 5) is 39.7. The second kappa shape index (κ2) is 11.5. The van der Waals surface area contributed by atoms with E-state index < -0.39 is 0 Å². The normalized spacial score (nSPS) is 16.4. The van der Waals surface area contributed by atoms with Crippen molar-refractivity contribution in [1.82, 2.24) is 19.9 Å². The Kier molecular flexibility index (Phi) is 7.68. The van der Waals surface area contributed by atoms with Gasteiger partial charge in [0.25, 0.3) is 5.95 Å². The van der Waals surface area contributed by atoms with Gasteiger partial charge in [-0.25, -0.2) is 0 Å². The number of carbonyl (C=O) groups excluding carboxylic acids is 1. The summed E-state index contributed by atoms with van der Waals surface area (Å²) in [5.41, 5.74) is 14.2. The first-order chi connectivity index (χ1) is 18.4. The number of anilines is 3. The molecule has 11 nitrogen and oxygen atoms in total. The molecule has 1 aromatic carbocycles. The summed E-state index contributed by atoms with van der Waals surface area (Å²) in [6.45, 7) is 4.87. The van der Waals surface area contributed by atoms with Crippen molar-refractivity contribution in [1.29, 1.82) is 0 Å². The number of hydrogen-bond donors (Lipinski definition) is 3. The van der Waals surface area contributed by atoms with Crippen LogP contribution >= 0.6 is 11.8 Å². The number of aromatic nitrogens is 4. The average molecular weight is 531 g/mol. The fourth-order valence-electron chi connectivity index (χ4n) is 3.97. The lowest BCUT2D eigenvalue weighted by molar-refractivity contribution is -0.117. The van der Waals surface area contributed by atoms with Crippen molar-refractivity contribution in [2.24, 2.45) is 22.4 Å². The zero-order chi connectivity index (χ0) is 26.5. The molecule has 12 heteroatoms. The largest absolute Gasteiger partial charge is 0.402 e. The quantitative estimate of drug-likeness (QED) is 0.293. The predicted molar refractivity (Wildman–Crippen MR) is 150 cm³/mol. The molecule has 1 saturated heterocycles. The minimum atomic E-state index is 0.0818. The molecule has 0 spiro atoms. The molecule has 1 aliphatic heterocycles. The van der Waals surface area contributed by atoms with E-state index in [0.29, 0.717) is 16.8 Å². The van der Waals surface area contributed by atoms with Crippen molar-refractivity contribution in [3.05, 3.63) is 60.6 Å². The third-order valence-electron chi connectivity index (χ3n) is 6.07. The van der Waals surface area contributed by atoms with Crippen molar-refractivity contribution < 1.29 is 4.79 Å². The molecular formula is C26H30N10OS. The predicted octanol–water partition coefficient (Wildman–Crippen LogP) is 2.94. The maximum Gasteiger partial charge on any atom is 0.257 e. The number of hydrogen-bond acceptors (Lipinski definition) is 10. The number of nitrogens with two attached hydrogens (primary N) is 2. The fraction of sp³-hybridized carbons (Fsp3) is 0.308. The van der Waals surface area contributed by atoms with Crippen LogP contribution < -0.4 is 26.6 Å². The number of allylic oxidation sites excluding steroid dienone is 1. The standard InChI is InChI=1S/C26H30N10OS/c1-17(27)16-22(28)31-24-32-25(36-14-12-35(13-15-36)20-8-10-29-11-9-20)34-26(33-24)38-21-6-4-19(5-7-21)30-23(37)18-2-3-18/h4-11,16,18H,2-3,12-15,27H2,1H3,(H,30,37)(H2,28,31,32,33,34)/b17-16-. The summed E-state index contributed by atoms with van der Waals surface area (Å²) in [5.74, 6) is 1.22. The van der Waals surface area contributed by atoms with Crippen LogP contribution in [0.25, 0.3) is 0 Å². The van der Waals surface area contributed by atoms with Crippen molar-refractivity contribution >= 4 is 46.8 Å². The number of piperazine rings is 1. The Morgan fingerprint density at radius 3 is 2.34 bits per heavy atom. The van der Waals surface area contributed by atoms with E-state index in [-0.39, 0.29) is 23.6 Å². The van der Waals surface area contributed by atoms with Gasteiger partial charge in [-0.3, -0.25) is 9.78 Å². The van der Waals surface area contributed by atoms with Gasteiger partial charge in [0.1, 0.15) is 5.84 Å². The van der Waals surface area contributed by atoms with Crippen molar-refractivity contribution in [2.75, 3.05) is 41.3 Å². The van der Waals surface area contributed by atoms with Crippen LogP contribution in [-0.4, -0.2) is 57.9 Å². The second-order valence-corrected chi connectivity index (χ2v) is 10.3. The number of benzene rings is 1. The Hall–Kier alpha value is -4.19. The summed E-state index contributed by atoms with van der Waals surface area (Å²) in [6.07, 6.45) is 7.11. The fourth-order valence-corrected chi connectivity index (χ4v) is 4.71. The van der Waals surface area contributed by atoms with Gasteiger partial charge in [-0.15, -0.1) is 0 Å². The highest BCUT2D eigenvalue weighted by Crippen LogP contribution is 2.32. The lowest BCUT2D eigenvalue weighted by Gasteiger charge is -2.36. The van der Waals surface area contributed by atoms with E-state index in [0.717, 1.165) is 55.3 Å². The first-order valence-electron chi connectivity index (χ1n) is 12.5. The van der Waals surface area contributed by atoms with Gasteiger partial charge in [0.2, 0.25) is 11.9 Å². The first kappa shape index (κ1) is 25.5. The summed E-state index contributed by atoms with van der Waals surface area (Å²) in [6, 6.07) is 11.7. The molecule has 0 unspecified atom stereocenters. The first-order valence-corrected chi connectivity index (χ1v) is 13.3. The van der Waals surface area contributed by atoms with Gasteiger partial charge in [0.05, 0.1) is 0 Å². The van der Waals surface area contributed by atoms with Crippen molar-refractivity contribution in [2.45, 2.75) is 29.8 Å². The molecule has 0 bridgehead atoms. The van der Waals surface area contributed by atoms with E-state index in [1.54, 1.807) is 25.4 Å². The number of aliphatic imine (C=N–C) groups is 1. The zero-order valence-electron chi connectivity index (χ0n) is 21.1. The Labute approximate surface area is 225 Å². The highest BCUT2D eigenvalue weighted by Gasteiger charge is 2.29. The Morgan fingerprint density at radius 2 is 1.68 bits per heavy atom. The molecule has 5 rings (SSSR count). The third kappa shape index (κ3) is 6.76. The minimum absolute atomic E-state index is 0.0818. The molecule has 0 atom stereocenters. The zero-order valence-corrected chi connectivity index (χ0v) is 21.9. The number of carbonyl (C=O) groups is 1. The SMILES string of the molecule is C/C(N)=C/C(N)=N/c1nc(Sc2ccc(NC(=O)C3CC3)cc2)nc(N2CCN(c3ccncc3)CC2)n1. The number of rotatable bonds is 8. The Bertz CT molecular complexity index is 1330. The summed E-state index contributed by atoms with van der Waals surface area (Å²) in [7, 11) is 0. The maximum atomic E-state index is 12.0. The summed E-state index contributed by atoms with van der Waals surface area (Å²) >= 11 is 1.40. The molecule has 2 aromatic heterocycles. The van der Waals surface area contributed by atoms with E-state index in [2.05, 4.69) is 35.1 Å². The smallest absolute Gasteiger partial charge is 0.257 e. The Balaban J connectivity index is 1.34. The van der Waals surface area contributed by atoms with Gasteiger partial charge >= 0.3 is 0 Å². The van der Waals surface area contributed by atoms with Gasteiger partial charge in [0, 0.05) is 66.5 Å². The summed E-state index contributed by atoms with van der Waals surface area (Å²) in [5, 5.41) is 3.46. The van der Waals surface area contributed by atoms with E-state index in [1.807, 2.05) is 36.4 Å². The molecule has 3 aromatic rings. The van der Waals surface area contributed by atoms with E-state index in [1.165, 1.54) is 11.8 Å². The van der Waals surface area contributed by atoms with Gasteiger partial charge in [-0.1, -0.05) is 0 Å². The van der Waals surface area contributed by atoms with Gasteiger partial charge < -0.3 is 26.6 Å². The second-order valence-electron chi connectivity index (χ2n) is 9.21. The monoisotopic (exact) mass is 530 g/mol. The van der Waals surface area contributed by atoms with E-state index >= 15 is 0 Å². The summed E-state index contributed by atoms with van der Waals surface area (Å²) < 4.78 is 0. The molecule has 2 fully saturated rings. The van der Waals surface area contributed by atoms with Crippen LogP contribution in [0.15, 0.2) is 75.6 Å². The number of pyridine rings is 1. The molecular weight excluding hydrogens is 500 g/mol. The molecule has 1 aliphatic carbocycles. The molecule has 5 N–H and O–H groups in total. The molecule has 2 aliphatic rings. The van der Waals surface area contributed by atoms with Gasteiger partial charge in [-0.05, 0) is 74.0 Å². The Morgan fingerprint density at radius 1 is 1.00 bits per heavy atom. The van der Waals surface area contributed by atoms with E-state index in [9.17, 15) is 4.79 Å². The lowest BCUT2D eigenvalue weighted by Crippen LogP contribution is -2.47. The van der Waals surface area contributed by atoms with Crippen LogP contribution in [0.4, 0.5) is 23.3 Å². The molecule has 1 amide bonds. The van der Waals surface area contributed by atoms with Gasteiger partial charge in [-0.2, -0.15) is 19.9 Å². The van der Waals surface area contributed by atoms with Crippen LogP contribution in [0, 0.1) is 5.92 Å². The highest BCUT2D eigenvalue weighted by atomic mass is 32.2. The molecule has 3 heterocycles. The van der Waals surface area contributed by atoms with Crippen molar-refractivity contribution in [3.63, 3.8) is 0 Å². The number of amidine groups is 1. The van der Waals surface area contributed by atoms with Crippen LogP contribution in [-0.2, 0) is 4.79 Å². The lowest BCUT2D eigenvalue weighted by atomic mass is 10.3. The highest BCUT2D eigenvalue weighted by molar-refractivity contribution is 7.99. The van der Waals surface area contributed by atoms with Crippen LogP contribution in [0.5, 0.6) is 0 Å². The molecule has 196 valence electrons. The van der Waals surface area contributed by atoms with Crippen LogP contribution in [0.1, 0.15) is 19.8 Å². The van der Waals surface area contributed by atoms with Gasteiger partial charge in [0.15, 0.2) is 5.16 Å². The molecule has 0 radical (unpaired) electrons. The minimum Gasteiger partial charge on any atom is -0.402 e. The number of amides is 1. The maximum absolute atomic E-state index is 12.0. The average Bonchev–Trinajstić information content (AvgIpc) is 3.76. The van der Waals surface area contributed by atoms with Crippen molar-refractivity contribution in [3.8, 4) is 0 Å². The molecule has 38 heavy (non-hydrogen) atoms.